The van der Waals surface area contributed by atoms with Gasteiger partial charge < -0.3 is 4.84 Å². The molecule has 0 aliphatic heterocycles. The number of hydrogen-bond donors (Lipinski definition) is 0. The smallest absolute Gasteiger partial charge is 0.123 e. The lowest BCUT2D eigenvalue weighted by Gasteiger charge is -2.07. The molecule has 0 saturated heterocycles. The van der Waals surface area contributed by atoms with E-state index >= 15 is 0 Å². The van der Waals surface area contributed by atoms with Crippen LogP contribution in [0.25, 0.3) is 27.3 Å². The maximum absolute atomic E-state index is 5.14. The Bertz CT molecular complexity index is 1070. The average molecular weight is 362 g/mol. The first-order chi connectivity index (χ1) is 12.8. The SMILES string of the molecule is CCON=C(C)c1ccc2c(c1)ncn2-c1cccc(-c2nccs2)c1. The first-order valence-corrected chi connectivity index (χ1v) is 9.28. The fourth-order valence-corrected chi connectivity index (χ4v) is 3.45. The summed E-state index contributed by atoms with van der Waals surface area (Å²) in [6.45, 7) is 4.41. The van der Waals surface area contributed by atoms with Crippen molar-refractivity contribution in [3.63, 3.8) is 0 Å². The molecule has 130 valence electrons. The van der Waals surface area contributed by atoms with Crippen molar-refractivity contribution in [3.05, 3.63) is 65.9 Å². The Balaban J connectivity index is 1.73. The molecule has 0 aliphatic carbocycles. The fraction of sp³-hybridized carbons (Fsp3) is 0.150. The minimum absolute atomic E-state index is 0.559. The topological polar surface area (TPSA) is 52.3 Å². The Kier molecular flexibility index (Phi) is 4.50. The van der Waals surface area contributed by atoms with Crippen LogP contribution in [0.2, 0.25) is 0 Å². The molecule has 5 nitrogen and oxygen atoms in total. The summed E-state index contributed by atoms with van der Waals surface area (Å²) < 4.78 is 2.09. The zero-order valence-electron chi connectivity index (χ0n) is 14.6. The van der Waals surface area contributed by atoms with Gasteiger partial charge in [-0.3, -0.25) is 4.57 Å². The van der Waals surface area contributed by atoms with Crippen LogP contribution in [-0.4, -0.2) is 26.9 Å². The molecule has 0 radical (unpaired) electrons. The monoisotopic (exact) mass is 362 g/mol. The predicted molar refractivity (Wildman–Crippen MR) is 106 cm³/mol. The van der Waals surface area contributed by atoms with Gasteiger partial charge >= 0.3 is 0 Å². The summed E-state index contributed by atoms with van der Waals surface area (Å²) in [5, 5.41) is 7.10. The van der Waals surface area contributed by atoms with Gasteiger partial charge in [0.2, 0.25) is 0 Å². The number of hydrogen-bond acceptors (Lipinski definition) is 5. The molecule has 2 heterocycles. The molecule has 0 spiro atoms. The zero-order chi connectivity index (χ0) is 17.9. The van der Waals surface area contributed by atoms with E-state index in [0.29, 0.717) is 6.61 Å². The van der Waals surface area contributed by atoms with Gasteiger partial charge in [0.25, 0.3) is 0 Å². The van der Waals surface area contributed by atoms with Crippen molar-refractivity contribution in [2.45, 2.75) is 13.8 Å². The van der Waals surface area contributed by atoms with Gasteiger partial charge in [0.05, 0.1) is 16.7 Å². The molecule has 0 amide bonds. The Labute approximate surface area is 155 Å². The van der Waals surface area contributed by atoms with Crippen LogP contribution in [0.4, 0.5) is 0 Å². The molecule has 0 aliphatic rings. The minimum Gasteiger partial charge on any atom is -0.396 e. The molecule has 4 aromatic rings. The maximum Gasteiger partial charge on any atom is 0.123 e. The predicted octanol–water partition coefficient (Wildman–Crippen LogP) is 4.91. The second-order valence-corrected chi connectivity index (χ2v) is 6.69. The Morgan fingerprint density at radius 2 is 2.12 bits per heavy atom. The molecule has 2 aromatic carbocycles. The molecule has 0 unspecified atom stereocenters. The third-order valence-corrected chi connectivity index (χ3v) is 4.92. The molecule has 0 N–H and O–H groups in total. The molecule has 26 heavy (non-hydrogen) atoms. The van der Waals surface area contributed by atoms with Gasteiger partial charge in [-0.2, -0.15) is 0 Å². The van der Waals surface area contributed by atoms with Gasteiger partial charge in [0, 0.05) is 28.4 Å². The number of rotatable bonds is 5. The van der Waals surface area contributed by atoms with Crippen LogP contribution in [0.5, 0.6) is 0 Å². The fourth-order valence-electron chi connectivity index (χ4n) is 2.81. The zero-order valence-corrected chi connectivity index (χ0v) is 15.4. The number of oxime groups is 1. The second-order valence-electron chi connectivity index (χ2n) is 5.80. The lowest BCUT2D eigenvalue weighted by atomic mass is 10.1. The number of fused-ring (bicyclic) bond motifs is 1. The third-order valence-electron chi connectivity index (χ3n) is 4.10. The lowest BCUT2D eigenvalue weighted by Crippen LogP contribution is -1.97. The van der Waals surface area contributed by atoms with E-state index in [4.69, 9.17) is 4.84 Å². The summed E-state index contributed by atoms with van der Waals surface area (Å²) in [5.41, 5.74) is 5.99. The molecule has 2 aromatic heterocycles. The van der Waals surface area contributed by atoms with E-state index in [0.717, 1.165) is 38.6 Å². The number of imidazole rings is 1. The average Bonchev–Trinajstić information content (AvgIpc) is 3.35. The number of thiazole rings is 1. The highest BCUT2D eigenvalue weighted by Gasteiger charge is 2.09. The van der Waals surface area contributed by atoms with E-state index in [9.17, 15) is 0 Å². The molecule has 0 saturated carbocycles. The summed E-state index contributed by atoms with van der Waals surface area (Å²) in [5.74, 6) is 0. The Morgan fingerprint density at radius 1 is 1.19 bits per heavy atom. The summed E-state index contributed by atoms with van der Waals surface area (Å²) >= 11 is 1.64. The highest BCUT2D eigenvalue weighted by atomic mass is 32.1. The Hall–Kier alpha value is -2.99. The molecule has 6 heteroatoms. The normalized spacial score (nSPS) is 11.8. The summed E-state index contributed by atoms with van der Waals surface area (Å²) in [6, 6.07) is 14.5. The van der Waals surface area contributed by atoms with Crippen molar-refractivity contribution in [1.29, 1.82) is 0 Å². The van der Waals surface area contributed by atoms with E-state index in [1.165, 1.54) is 0 Å². The molecule has 0 bridgehead atoms. The van der Waals surface area contributed by atoms with Gasteiger partial charge in [-0.25, -0.2) is 9.97 Å². The van der Waals surface area contributed by atoms with Crippen molar-refractivity contribution in [2.24, 2.45) is 5.16 Å². The molecule has 0 fully saturated rings. The van der Waals surface area contributed by atoms with Crippen LogP contribution in [0.3, 0.4) is 0 Å². The van der Waals surface area contributed by atoms with E-state index in [-0.39, 0.29) is 0 Å². The van der Waals surface area contributed by atoms with Crippen LogP contribution in [0.15, 0.2) is 65.5 Å². The molecule has 0 atom stereocenters. The minimum atomic E-state index is 0.559. The van der Waals surface area contributed by atoms with Gasteiger partial charge in [-0.05, 0) is 38.1 Å². The standard InChI is InChI=1S/C20H18N4OS/c1-3-25-23-14(2)15-7-8-19-18(12-15)22-13-24(19)17-6-4-5-16(11-17)20-21-9-10-26-20/h4-13H,3H2,1-2H3. The summed E-state index contributed by atoms with van der Waals surface area (Å²) in [4.78, 5) is 14.1. The number of aromatic nitrogens is 3. The van der Waals surface area contributed by atoms with E-state index in [1.54, 1.807) is 11.3 Å². The van der Waals surface area contributed by atoms with Gasteiger partial charge in [-0.1, -0.05) is 23.4 Å². The number of benzene rings is 2. The van der Waals surface area contributed by atoms with Crippen molar-refractivity contribution < 1.29 is 4.84 Å². The highest BCUT2D eigenvalue weighted by Crippen LogP contribution is 2.26. The van der Waals surface area contributed by atoms with Gasteiger partial charge in [-0.15, -0.1) is 11.3 Å². The quantitative estimate of drug-likeness (QED) is 0.374. The van der Waals surface area contributed by atoms with Crippen LogP contribution >= 0.6 is 11.3 Å². The lowest BCUT2D eigenvalue weighted by molar-refractivity contribution is 0.159. The van der Waals surface area contributed by atoms with Crippen LogP contribution in [0.1, 0.15) is 19.4 Å². The largest absolute Gasteiger partial charge is 0.396 e. The van der Waals surface area contributed by atoms with E-state index in [2.05, 4.69) is 44.0 Å². The van der Waals surface area contributed by atoms with Gasteiger partial charge in [0.1, 0.15) is 17.9 Å². The number of nitrogens with zero attached hydrogens (tertiary/aromatic N) is 4. The molecule has 4 rings (SSSR count). The van der Waals surface area contributed by atoms with Gasteiger partial charge in [0.15, 0.2) is 0 Å². The first kappa shape index (κ1) is 16.5. The van der Waals surface area contributed by atoms with Crippen molar-refractivity contribution >= 4 is 28.1 Å². The maximum atomic E-state index is 5.14. The van der Waals surface area contributed by atoms with Crippen molar-refractivity contribution in [2.75, 3.05) is 6.61 Å². The first-order valence-electron chi connectivity index (χ1n) is 8.40. The highest BCUT2D eigenvalue weighted by molar-refractivity contribution is 7.13. The molecular formula is C20H18N4OS. The van der Waals surface area contributed by atoms with Crippen LogP contribution in [0, 0.1) is 0 Å². The van der Waals surface area contributed by atoms with E-state index < -0.39 is 0 Å². The van der Waals surface area contributed by atoms with Crippen LogP contribution in [-0.2, 0) is 4.84 Å². The second kappa shape index (κ2) is 7.09. The van der Waals surface area contributed by atoms with E-state index in [1.807, 2.05) is 50.0 Å². The van der Waals surface area contributed by atoms with Crippen molar-refractivity contribution in [1.82, 2.24) is 14.5 Å². The Morgan fingerprint density at radius 3 is 2.92 bits per heavy atom. The summed E-state index contributed by atoms with van der Waals surface area (Å²) in [7, 11) is 0. The molecular weight excluding hydrogens is 344 g/mol. The summed E-state index contributed by atoms with van der Waals surface area (Å²) in [6.07, 6.45) is 3.68. The van der Waals surface area contributed by atoms with Crippen LogP contribution < -0.4 is 0 Å². The van der Waals surface area contributed by atoms with Crippen molar-refractivity contribution in [3.8, 4) is 16.3 Å². The third kappa shape index (κ3) is 3.11.